The molecular formula is C16H16N2O3S. The van der Waals surface area contributed by atoms with Crippen molar-refractivity contribution in [1.82, 2.24) is 10.5 Å². The minimum atomic E-state index is -0.177. The molecular weight excluding hydrogens is 300 g/mol. The number of aryl methyl sites for hydroxylation is 2. The molecule has 0 aliphatic rings. The van der Waals surface area contributed by atoms with Crippen molar-refractivity contribution in [1.29, 1.82) is 0 Å². The van der Waals surface area contributed by atoms with Gasteiger partial charge in [-0.3, -0.25) is 4.79 Å². The quantitative estimate of drug-likeness (QED) is 0.782. The molecule has 1 N–H and O–H groups in total. The predicted octanol–water partition coefficient (Wildman–Crippen LogP) is 3.51. The second-order valence-corrected chi connectivity index (χ2v) is 5.97. The maximum atomic E-state index is 12.4. The zero-order valence-electron chi connectivity index (χ0n) is 12.3. The Morgan fingerprint density at radius 1 is 1.36 bits per heavy atom. The van der Waals surface area contributed by atoms with E-state index < -0.39 is 0 Å². The van der Waals surface area contributed by atoms with Crippen molar-refractivity contribution < 1.29 is 13.7 Å². The van der Waals surface area contributed by atoms with Crippen LogP contribution in [0.1, 0.15) is 38.4 Å². The maximum absolute atomic E-state index is 12.4. The zero-order valence-corrected chi connectivity index (χ0v) is 13.1. The second kappa shape index (κ2) is 6.19. The summed E-state index contributed by atoms with van der Waals surface area (Å²) in [5.74, 6) is 1.19. The Morgan fingerprint density at radius 2 is 2.23 bits per heavy atom. The highest BCUT2D eigenvalue weighted by Crippen LogP contribution is 2.28. The second-order valence-electron chi connectivity index (χ2n) is 4.99. The van der Waals surface area contributed by atoms with E-state index in [0.717, 1.165) is 10.6 Å². The summed E-state index contributed by atoms with van der Waals surface area (Å²) in [6.45, 7) is 3.95. The van der Waals surface area contributed by atoms with Gasteiger partial charge in [-0.2, -0.15) is 0 Å². The lowest BCUT2D eigenvalue weighted by molar-refractivity contribution is 0.0950. The highest BCUT2D eigenvalue weighted by Gasteiger charge is 2.22. The van der Waals surface area contributed by atoms with Gasteiger partial charge in [-0.15, -0.1) is 11.3 Å². The van der Waals surface area contributed by atoms with E-state index in [0.29, 0.717) is 23.6 Å². The van der Waals surface area contributed by atoms with Crippen LogP contribution in [0.15, 0.2) is 44.8 Å². The molecule has 0 radical (unpaired) electrons. The van der Waals surface area contributed by atoms with Gasteiger partial charge in [0.15, 0.2) is 0 Å². The molecule has 1 amide bonds. The summed E-state index contributed by atoms with van der Waals surface area (Å²) in [5, 5.41) is 8.78. The van der Waals surface area contributed by atoms with E-state index in [9.17, 15) is 4.79 Å². The third-order valence-corrected chi connectivity index (χ3v) is 4.49. The zero-order chi connectivity index (χ0) is 15.5. The van der Waals surface area contributed by atoms with Crippen LogP contribution in [-0.4, -0.2) is 17.6 Å². The van der Waals surface area contributed by atoms with Crippen LogP contribution >= 0.6 is 11.3 Å². The SMILES string of the molecule is Cc1noc(C)c1C(=O)NC[C@@H](c1ccco1)c1cccs1. The number of furan rings is 1. The molecule has 5 nitrogen and oxygen atoms in total. The predicted molar refractivity (Wildman–Crippen MR) is 83.2 cm³/mol. The number of thiophene rings is 1. The van der Waals surface area contributed by atoms with Crippen LogP contribution < -0.4 is 5.32 Å². The van der Waals surface area contributed by atoms with Gasteiger partial charge in [0.25, 0.3) is 5.91 Å². The number of rotatable bonds is 5. The van der Waals surface area contributed by atoms with Crippen LogP contribution in [0, 0.1) is 13.8 Å². The van der Waals surface area contributed by atoms with Gasteiger partial charge in [-0.05, 0) is 37.4 Å². The van der Waals surface area contributed by atoms with Gasteiger partial charge in [-0.25, -0.2) is 0 Å². The summed E-state index contributed by atoms with van der Waals surface area (Å²) in [6, 6.07) is 7.81. The molecule has 6 heteroatoms. The van der Waals surface area contributed by atoms with E-state index >= 15 is 0 Å². The Hall–Kier alpha value is -2.34. The van der Waals surface area contributed by atoms with Crippen molar-refractivity contribution in [3.63, 3.8) is 0 Å². The first-order chi connectivity index (χ1) is 10.7. The summed E-state index contributed by atoms with van der Waals surface area (Å²) < 4.78 is 10.6. The third-order valence-electron chi connectivity index (χ3n) is 3.50. The van der Waals surface area contributed by atoms with E-state index in [1.165, 1.54) is 0 Å². The van der Waals surface area contributed by atoms with Crippen molar-refractivity contribution in [3.8, 4) is 0 Å². The van der Waals surface area contributed by atoms with E-state index in [1.807, 2.05) is 29.6 Å². The van der Waals surface area contributed by atoms with Gasteiger partial charge in [0, 0.05) is 11.4 Å². The molecule has 114 valence electrons. The summed E-state index contributed by atoms with van der Waals surface area (Å²) in [6.07, 6.45) is 1.64. The third kappa shape index (κ3) is 2.82. The lowest BCUT2D eigenvalue weighted by Gasteiger charge is -2.14. The molecule has 3 rings (SSSR count). The number of nitrogens with one attached hydrogen (secondary N) is 1. The monoisotopic (exact) mass is 316 g/mol. The Labute approximate surface area is 131 Å². The summed E-state index contributed by atoms with van der Waals surface area (Å²) in [4.78, 5) is 13.5. The standard InChI is InChI=1S/C16H16N2O3S/c1-10-15(11(2)21-18-10)16(19)17-9-12(13-5-3-7-20-13)14-6-4-8-22-14/h3-8,12H,9H2,1-2H3,(H,17,19)/t12-/m0/s1. The maximum Gasteiger partial charge on any atom is 0.256 e. The van der Waals surface area contributed by atoms with Gasteiger partial charge >= 0.3 is 0 Å². The first-order valence-corrected chi connectivity index (χ1v) is 7.82. The van der Waals surface area contributed by atoms with Crippen LogP contribution in [0.25, 0.3) is 0 Å². The van der Waals surface area contributed by atoms with Crippen molar-refractivity contribution in [2.24, 2.45) is 0 Å². The number of nitrogens with zero attached hydrogens (tertiary/aromatic N) is 1. The summed E-state index contributed by atoms with van der Waals surface area (Å²) in [7, 11) is 0. The molecule has 0 spiro atoms. The fraction of sp³-hybridized carbons (Fsp3) is 0.250. The number of amides is 1. The molecule has 3 aromatic rings. The average Bonchev–Trinajstić information content (AvgIpc) is 3.22. The van der Waals surface area contributed by atoms with Crippen LogP contribution in [0.4, 0.5) is 0 Å². The molecule has 0 aliphatic heterocycles. The minimum Gasteiger partial charge on any atom is -0.469 e. The Kier molecular flexibility index (Phi) is 4.11. The van der Waals surface area contributed by atoms with E-state index in [-0.39, 0.29) is 11.8 Å². The van der Waals surface area contributed by atoms with Crippen molar-refractivity contribution in [2.45, 2.75) is 19.8 Å². The number of hydrogen-bond acceptors (Lipinski definition) is 5. The van der Waals surface area contributed by atoms with E-state index in [1.54, 1.807) is 31.4 Å². The molecule has 0 aliphatic carbocycles. The first kappa shape index (κ1) is 14.6. The van der Waals surface area contributed by atoms with E-state index in [4.69, 9.17) is 8.94 Å². The molecule has 0 aromatic carbocycles. The van der Waals surface area contributed by atoms with Gasteiger partial charge in [0.1, 0.15) is 17.1 Å². The topological polar surface area (TPSA) is 68.3 Å². The molecule has 1 atom stereocenters. The lowest BCUT2D eigenvalue weighted by atomic mass is 10.0. The first-order valence-electron chi connectivity index (χ1n) is 6.94. The molecule has 0 saturated carbocycles. The largest absolute Gasteiger partial charge is 0.469 e. The highest BCUT2D eigenvalue weighted by atomic mass is 32.1. The number of hydrogen-bond donors (Lipinski definition) is 1. The minimum absolute atomic E-state index is 0.000535. The molecule has 3 aromatic heterocycles. The van der Waals surface area contributed by atoms with Crippen LogP contribution in [0.5, 0.6) is 0 Å². The Bertz CT molecular complexity index is 691. The molecule has 3 heterocycles. The molecule has 22 heavy (non-hydrogen) atoms. The lowest BCUT2D eigenvalue weighted by Crippen LogP contribution is -2.29. The fourth-order valence-corrected chi connectivity index (χ4v) is 3.25. The van der Waals surface area contributed by atoms with Gasteiger partial charge in [-0.1, -0.05) is 11.2 Å². The smallest absolute Gasteiger partial charge is 0.256 e. The normalized spacial score (nSPS) is 12.3. The fourth-order valence-electron chi connectivity index (χ4n) is 2.41. The number of carbonyl (C=O) groups excluding carboxylic acids is 1. The van der Waals surface area contributed by atoms with Crippen molar-refractivity contribution in [2.75, 3.05) is 6.54 Å². The molecule has 0 unspecified atom stereocenters. The Morgan fingerprint density at radius 3 is 2.82 bits per heavy atom. The highest BCUT2D eigenvalue weighted by molar-refractivity contribution is 7.10. The van der Waals surface area contributed by atoms with Gasteiger partial charge < -0.3 is 14.3 Å². The van der Waals surface area contributed by atoms with Crippen LogP contribution in [0.3, 0.4) is 0 Å². The number of carbonyl (C=O) groups is 1. The molecule has 0 fully saturated rings. The molecule has 0 saturated heterocycles. The Balaban J connectivity index is 1.77. The summed E-state index contributed by atoms with van der Waals surface area (Å²) >= 11 is 1.64. The van der Waals surface area contributed by atoms with Crippen molar-refractivity contribution >= 4 is 17.2 Å². The molecule has 0 bridgehead atoms. The van der Waals surface area contributed by atoms with Crippen LogP contribution in [0.2, 0.25) is 0 Å². The number of aromatic nitrogens is 1. The average molecular weight is 316 g/mol. The van der Waals surface area contributed by atoms with Gasteiger partial charge in [0.05, 0.1) is 17.9 Å². The van der Waals surface area contributed by atoms with Crippen molar-refractivity contribution in [3.05, 3.63) is 63.6 Å². The van der Waals surface area contributed by atoms with E-state index in [2.05, 4.69) is 10.5 Å². The van der Waals surface area contributed by atoms with Crippen LogP contribution in [-0.2, 0) is 0 Å². The van der Waals surface area contributed by atoms with Gasteiger partial charge in [0.2, 0.25) is 0 Å². The summed E-state index contributed by atoms with van der Waals surface area (Å²) in [5.41, 5.74) is 1.10.